The fraction of sp³-hybridized carbons (Fsp3) is 0.0769. The van der Waals surface area contributed by atoms with Crippen LogP contribution >= 0.6 is 27.5 Å². The number of nitrogen functional groups attached to an aromatic ring is 1. The second-order valence-corrected chi connectivity index (χ2v) is 5.23. The lowest BCUT2D eigenvalue weighted by Crippen LogP contribution is -1.99. The van der Waals surface area contributed by atoms with Gasteiger partial charge in [0.15, 0.2) is 0 Å². The van der Waals surface area contributed by atoms with Gasteiger partial charge in [0.2, 0.25) is 0 Å². The van der Waals surface area contributed by atoms with Crippen LogP contribution in [-0.2, 0) is 0 Å². The molecular formula is C13H11BrClFN2. The van der Waals surface area contributed by atoms with Crippen molar-refractivity contribution in [2.24, 2.45) is 0 Å². The molecule has 18 heavy (non-hydrogen) atoms. The smallest absolute Gasteiger partial charge is 0.139 e. The number of aryl methyl sites for hydroxylation is 1. The molecule has 0 aliphatic rings. The molecular weight excluding hydrogens is 319 g/mol. The highest BCUT2D eigenvalue weighted by Crippen LogP contribution is 2.31. The molecule has 0 heterocycles. The zero-order chi connectivity index (χ0) is 13.3. The van der Waals surface area contributed by atoms with Crippen molar-refractivity contribution in [2.75, 3.05) is 11.1 Å². The van der Waals surface area contributed by atoms with Crippen LogP contribution in [0.25, 0.3) is 0 Å². The molecule has 0 fully saturated rings. The van der Waals surface area contributed by atoms with Gasteiger partial charge in [-0.1, -0.05) is 17.7 Å². The van der Waals surface area contributed by atoms with Crippen LogP contribution in [0.2, 0.25) is 5.02 Å². The van der Waals surface area contributed by atoms with Gasteiger partial charge in [0, 0.05) is 16.8 Å². The summed E-state index contributed by atoms with van der Waals surface area (Å²) in [6, 6.07) is 8.33. The monoisotopic (exact) mass is 328 g/mol. The van der Waals surface area contributed by atoms with Crippen LogP contribution in [0.15, 0.2) is 34.8 Å². The Kier molecular flexibility index (Phi) is 3.78. The zero-order valence-corrected chi connectivity index (χ0v) is 11.9. The molecule has 0 bridgehead atoms. The van der Waals surface area contributed by atoms with Gasteiger partial charge in [0.1, 0.15) is 5.82 Å². The van der Waals surface area contributed by atoms with E-state index in [4.69, 9.17) is 17.3 Å². The largest absolute Gasteiger partial charge is 0.397 e. The number of anilines is 3. The molecule has 0 radical (unpaired) electrons. The van der Waals surface area contributed by atoms with E-state index in [-0.39, 0.29) is 5.82 Å². The quantitative estimate of drug-likeness (QED) is 0.771. The molecule has 0 aliphatic carbocycles. The minimum absolute atomic E-state index is 0.341. The SMILES string of the molecule is Cc1ccc(Cl)cc1Nc1cc(F)c(Br)cc1N. The minimum atomic E-state index is -0.369. The number of benzene rings is 2. The van der Waals surface area contributed by atoms with Crippen molar-refractivity contribution in [3.8, 4) is 0 Å². The van der Waals surface area contributed by atoms with E-state index in [9.17, 15) is 4.39 Å². The molecule has 3 N–H and O–H groups in total. The van der Waals surface area contributed by atoms with Gasteiger partial charge < -0.3 is 11.1 Å². The van der Waals surface area contributed by atoms with Gasteiger partial charge in [-0.3, -0.25) is 0 Å². The third kappa shape index (κ3) is 2.76. The number of hydrogen-bond acceptors (Lipinski definition) is 2. The summed E-state index contributed by atoms with van der Waals surface area (Å²) < 4.78 is 13.8. The average molecular weight is 330 g/mol. The van der Waals surface area contributed by atoms with Crippen LogP contribution in [0.3, 0.4) is 0 Å². The first-order chi connectivity index (χ1) is 8.47. The Balaban J connectivity index is 2.40. The third-order valence-corrected chi connectivity index (χ3v) is 3.40. The van der Waals surface area contributed by atoms with E-state index in [1.165, 1.54) is 12.1 Å². The molecule has 0 spiro atoms. The number of rotatable bonds is 2. The number of halogens is 3. The molecule has 2 aromatic carbocycles. The van der Waals surface area contributed by atoms with E-state index in [2.05, 4.69) is 21.2 Å². The molecule has 0 saturated heterocycles. The molecule has 2 aromatic rings. The highest BCUT2D eigenvalue weighted by molar-refractivity contribution is 9.10. The summed E-state index contributed by atoms with van der Waals surface area (Å²) in [6.45, 7) is 1.93. The van der Waals surface area contributed by atoms with E-state index in [1.54, 1.807) is 12.1 Å². The Morgan fingerprint density at radius 3 is 2.67 bits per heavy atom. The predicted molar refractivity (Wildman–Crippen MR) is 78.0 cm³/mol. The summed E-state index contributed by atoms with van der Waals surface area (Å²) in [5.74, 6) is -0.369. The molecule has 0 amide bonds. The normalized spacial score (nSPS) is 10.4. The molecule has 0 aromatic heterocycles. The maximum atomic E-state index is 13.5. The van der Waals surface area contributed by atoms with Gasteiger partial charge >= 0.3 is 0 Å². The lowest BCUT2D eigenvalue weighted by atomic mass is 10.2. The summed E-state index contributed by atoms with van der Waals surface area (Å²) in [5.41, 5.74) is 8.61. The fourth-order valence-corrected chi connectivity index (χ4v) is 2.08. The number of hydrogen-bond donors (Lipinski definition) is 2. The Labute approximate surface area is 118 Å². The van der Waals surface area contributed by atoms with Crippen LogP contribution in [0.5, 0.6) is 0 Å². The third-order valence-electron chi connectivity index (χ3n) is 2.56. The molecule has 0 aliphatic heterocycles. The van der Waals surface area contributed by atoms with E-state index in [0.29, 0.717) is 20.9 Å². The minimum Gasteiger partial charge on any atom is -0.397 e. The lowest BCUT2D eigenvalue weighted by molar-refractivity contribution is 0.622. The van der Waals surface area contributed by atoms with Crippen molar-refractivity contribution < 1.29 is 4.39 Å². The highest BCUT2D eigenvalue weighted by atomic mass is 79.9. The van der Waals surface area contributed by atoms with E-state index in [0.717, 1.165) is 11.3 Å². The van der Waals surface area contributed by atoms with Crippen LogP contribution < -0.4 is 11.1 Å². The van der Waals surface area contributed by atoms with Crippen molar-refractivity contribution in [3.63, 3.8) is 0 Å². The second-order valence-electron chi connectivity index (χ2n) is 3.94. The van der Waals surface area contributed by atoms with Crippen LogP contribution in [0.4, 0.5) is 21.5 Å². The van der Waals surface area contributed by atoms with Crippen LogP contribution in [-0.4, -0.2) is 0 Å². The first-order valence-corrected chi connectivity index (χ1v) is 6.42. The summed E-state index contributed by atoms with van der Waals surface area (Å²) in [5, 5.41) is 3.69. The first kappa shape index (κ1) is 13.2. The van der Waals surface area contributed by atoms with Crippen LogP contribution in [0.1, 0.15) is 5.56 Å². The fourth-order valence-electron chi connectivity index (χ4n) is 1.54. The van der Waals surface area contributed by atoms with E-state index >= 15 is 0 Å². The Bertz CT molecular complexity index is 602. The van der Waals surface area contributed by atoms with Gasteiger partial charge in [-0.25, -0.2) is 4.39 Å². The predicted octanol–water partition coefficient (Wildman–Crippen LogP) is 4.88. The van der Waals surface area contributed by atoms with Crippen molar-refractivity contribution in [2.45, 2.75) is 6.92 Å². The van der Waals surface area contributed by atoms with E-state index in [1.807, 2.05) is 13.0 Å². The molecule has 0 unspecified atom stereocenters. The summed E-state index contributed by atoms with van der Waals surface area (Å²) in [6.07, 6.45) is 0. The summed E-state index contributed by atoms with van der Waals surface area (Å²) in [7, 11) is 0. The highest BCUT2D eigenvalue weighted by Gasteiger charge is 2.07. The maximum absolute atomic E-state index is 13.5. The number of nitrogens with one attached hydrogen (secondary N) is 1. The Hall–Kier alpha value is -1.26. The van der Waals surface area contributed by atoms with Gasteiger partial charge in [-0.2, -0.15) is 0 Å². The van der Waals surface area contributed by atoms with Gasteiger partial charge in [-0.15, -0.1) is 0 Å². The molecule has 94 valence electrons. The van der Waals surface area contributed by atoms with E-state index < -0.39 is 0 Å². The van der Waals surface area contributed by atoms with Crippen molar-refractivity contribution >= 4 is 44.6 Å². The molecule has 5 heteroatoms. The molecule has 2 nitrogen and oxygen atoms in total. The standard InChI is InChI=1S/C13H11BrClFN2/c1-7-2-3-8(15)4-12(7)18-13-6-10(16)9(14)5-11(13)17/h2-6,18H,17H2,1H3. The van der Waals surface area contributed by atoms with Gasteiger partial charge in [0.05, 0.1) is 15.8 Å². The topological polar surface area (TPSA) is 38.0 Å². The zero-order valence-electron chi connectivity index (χ0n) is 9.60. The van der Waals surface area contributed by atoms with Crippen molar-refractivity contribution in [1.82, 2.24) is 0 Å². The first-order valence-electron chi connectivity index (χ1n) is 5.25. The molecule has 0 atom stereocenters. The Morgan fingerprint density at radius 1 is 1.22 bits per heavy atom. The van der Waals surface area contributed by atoms with Crippen LogP contribution in [0, 0.1) is 12.7 Å². The average Bonchev–Trinajstić information content (AvgIpc) is 2.30. The van der Waals surface area contributed by atoms with Gasteiger partial charge in [0.25, 0.3) is 0 Å². The molecule has 2 rings (SSSR count). The van der Waals surface area contributed by atoms with Gasteiger partial charge in [-0.05, 0) is 46.6 Å². The Morgan fingerprint density at radius 2 is 1.94 bits per heavy atom. The number of nitrogens with two attached hydrogens (primary N) is 1. The van der Waals surface area contributed by atoms with Crippen molar-refractivity contribution in [1.29, 1.82) is 0 Å². The summed E-state index contributed by atoms with van der Waals surface area (Å²) in [4.78, 5) is 0. The lowest BCUT2D eigenvalue weighted by Gasteiger charge is -2.12. The molecule has 0 saturated carbocycles. The van der Waals surface area contributed by atoms with Crippen molar-refractivity contribution in [3.05, 3.63) is 51.2 Å². The second kappa shape index (κ2) is 5.16. The summed E-state index contributed by atoms with van der Waals surface area (Å²) >= 11 is 9.01. The maximum Gasteiger partial charge on any atom is 0.139 e.